The molecule has 80 valence electrons. The van der Waals surface area contributed by atoms with Crippen molar-refractivity contribution in [2.24, 2.45) is 0 Å². The van der Waals surface area contributed by atoms with E-state index in [0.717, 1.165) is 36.0 Å². The Bertz CT molecular complexity index is 271. The summed E-state index contributed by atoms with van der Waals surface area (Å²) in [6.45, 7) is 2.95. The Balaban J connectivity index is 2.21. The van der Waals surface area contributed by atoms with E-state index in [9.17, 15) is 0 Å². The van der Waals surface area contributed by atoms with Crippen LogP contribution in [0.2, 0.25) is 5.02 Å². The standard InChI is InChI=1S/C10H16Cl2N2/c1-9-10(12)8-13-14(9)7-5-3-2-4-6-11/h8H,2-7H2,1H3. The van der Waals surface area contributed by atoms with E-state index in [1.54, 1.807) is 6.20 Å². The predicted octanol–water partition coefficient (Wildman–Crippen LogP) is 3.64. The van der Waals surface area contributed by atoms with Gasteiger partial charge in [0.05, 0.1) is 16.9 Å². The van der Waals surface area contributed by atoms with Gasteiger partial charge in [-0.2, -0.15) is 5.10 Å². The maximum atomic E-state index is 5.89. The molecule has 1 heterocycles. The Labute approximate surface area is 95.2 Å². The lowest BCUT2D eigenvalue weighted by molar-refractivity contribution is 0.532. The summed E-state index contributed by atoms with van der Waals surface area (Å²) in [5, 5.41) is 4.95. The summed E-state index contributed by atoms with van der Waals surface area (Å²) in [4.78, 5) is 0. The van der Waals surface area contributed by atoms with Crippen LogP contribution in [0.3, 0.4) is 0 Å². The van der Waals surface area contributed by atoms with Crippen LogP contribution in [0.4, 0.5) is 0 Å². The highest BCUT2D eigenvalue weighted by Gasteiger charge is 2.02. The second kappa shape index (κ2) is 6.31. The van der Waals surface area contributed by atoms with Crippen LogP contribution in [0, 0.1) is 6.92 Å². The lowest BCUT2D eigenvalue weighted by atomic mass is 10.2. The van der Waals surface area contributed by atoms with Crippen LogP contribution in [0.15, 0.2) is 6.20 Å². The molecule has 4 heteroatoms. The number of halogens is 2. The number of unbranched alkanes of at least 4 members (excludes halogenated alkanes) is 3. The maximum Gasteiger partial charge on any atom is 0.0814 e. The number of hydrogen-bond donors (Lipinski definition) is 0. The van der Waals surface area contributed by atoms with E-state index in [1.165, 1.54) is 12.8 Å². The van der Waals surface area contributed by atoms with Gasteiger partial charge in [0, 0.05) is 12.4 Å². The summed E-state index contributed by atoms with van der Waals surface area (Å²) in [6.07, 6.45) is 6.38. The smallest absolute Gasteiger partial charge is 0.0814 e. The fourth-order valence-electron chi connectivity index (χ4n) is 1.36. The largest absolute Gasteiger partial charge is 0.268 e. The highest BCUT2D eigenvalue weighted by Crippen LogP contribution is 2.14. The molecule has 0 atom stereocenters. The average Bonchev–Trinajstić information content (AvgIpc) is 2.49. The van der Waals surface area contributed by atoms with Crippen molar-refractivity contribution in [1.82, 2.24) is 9.78 Å². The Morgan fingerprint density at radius 3 is 2.57 bits per heavy atom. The summed E-state index contributed by atoms with van der Waals surface area (Å²) in [5.74, 6) is 0.770. The third-order valence-electron chi connectivity index (χ3n) is 2.30. The van der Waals surface area contributed by atoms with Crippen molar-refractivity contribution in [3.8, 4) is 0 Å². The molecular weight excluding hydrogens is 219 g/mol. The third kappa shape index (κ3) is 3.50. The van der Waals surface area contributed by atoms with Gasteiger partial charge < -0.3 is 0 Å². The Hall–Kier alpha value is -0.210. The normalized spacial score (nSPS) is 10.8. The second-order valence-electron chi connectivity index (χ2n) is 3.40. The first-order valence-electron chi connectivity index (χ1n) is 4.99. The van der Waals surface area contributed by atoms with Crippen molar-refractivity contribution in [1.29, 1.82) is 0 Å². The van der Waals surface area contributed by atoms with Gasteiger partial charge >= 0.3 is 0 Å². The minimum absolute atomic E-state index is 0.755. The third-order valence-corrected chi connectivity index (χ3v) is 2.94. The lowest BCUT2D eigenvalue weighted by Crippen LogP contribution is -2.02. The molecule has 0 saturated heterocycles. The zero-order valence-corrected chi connectivity index (χ0v) is 9.98. The topological polar surface area (TPSA) is 17.8 Å². The molecule has 0 amide bonds. The molecular formula is C10H16Cl2N2. The molecule has 0 N–H and O–H groups in total. The minimum atomic E-state index is 0.755. The van der Waals surface area contributed by atoms with Crippen molar-refractivity contribution in [2.75, 3.05) is 5.88 Å². The van der Waals surface area contributed by atoms with Crippen molar-refractivity contribution >= 4 is 23.2 Å². The van der Waals surface area contributed by atoms with Gasteiger partial charge in [-0.1, -0.05) is 24.4 Å². The van der Waals surface area contributed by atoms with Crippen LogP contribution < -0.4 is 0 Å². The van der Waals surface area contributed by atoms with E-state index in [4.69, 9.17) is 23.2 Å². The molecule has 14 heavy (non-hydrogen) atoms. The van der Waals surface area contributed by atoms with Gasteiger partial charge in [-0.15, -0.1) is 11.6 Å². The Morgan fingerprint density at radius 1 is 1.29 bits per heavy atom. The van der Waals surface area contributed by atoms with Crippen LogP contribution >= 0.6 is 23.2 Å². The summed E-state index contributed by atoms with van der Waals surface area (Å²) >= 11 is 11.5. The summed E-state index contributed by atoms with van der Waals surface area (Å²) < 4.78 is 1.96. The molecule has 0 bridgehead atoms. The molecule has 1 aromatic rings. The predicted molar refractivity (Wildman–Crippen MR) is 61.2 cm³/mol. The minimum Gasteiger partial charge on any atom is -0.268 e. The number of aryl methyl sites for hydroxylation is 1. The van der Waals surface area contributed by atoms with Crippen LogP contribution in [0.5, 0.6) is 0 Å². The lowest BCUT2D eigenvalue weighted by Gasteiger charge is -2.03. The van der Waals surface area contributed by atoms with Gasteiger partial charge in [0.2, 0.25) is 0 Å². The van der Waals surface area contributed by atoms with E-state index in [-0.39, 0.29) is 0 Å². The van der Waals surface area contributed by atoms with Crippen molar-refractivity contribution in [2.45, 2.75) is 39.2 Å². The Morgan fingerprint density at radius 2 is 2.00 bits per heavy atom. The Kier molecular flexibility index (Phi) is 5.34. The van der Waals surface area contributed by atoms with Gasteiger partial charge in [0.25, 0.3) is 0 Å². The molecule has 1 rings (SSSR count). The highest BCUT2D eigenvalue weighted by atomic mass is 35.5. The first-order chi connectivity index (χ1) is 6.75. The first-order valence-corrected chi connectivity index (χ1v) is 5.91. The quantitative estimate of drug-likeness (QED) is 0.543. The van der Waals surface area contributed by atoms with E-state index >= 15 is 0 Å². The van der Waals surface area contributed by atoms with Gasteiger partial charge in [-0.3, -0.25) is 4.68 Å². The fraction of sp³-hybridized carbons (Fsp3) is 0.700. The molecule has 0 aliphatic heterocycles. The molecule has 0 saturated carbocycles. The molecule has 0 aromatic carbocycles. The molecule has 0 spiro atoms. The zero-order valence-electron chi connectivity index (χ0n) is 8.47. The molecule has 0 unspecified atom stereocenters. The molecule has 0 aliphatic carbocycles. The average molecular weight is 235 g/mol. The number of alkyl halides is 1. The number of nitrogens with zero attached hydrogens (tertiary/aromatic N) is 2. The monoisotopic (exact) mass is 234 g/mol. The van der Waals surface area contributed by atoms with Crippen molar-refractivity contribution in [3.05, 3.63) is 16.9 Å². The van der Waals surface area contributed by atoms with Gasteiger partial charge in [-0.05, 0) is 19.8 Å². The molecule has 0 aliphatic rings. The summed E-state index contributed by atoms with van der Waals surface area (Å²) in [6, 6.07) is 0. The van der Waals surface area contributed by atoms with Crippen LogP contribution in [0.1, 0.15) is 31.4 Å². The van der Waals surface area contributed by atoms with Crippen LogP contribution in [-0.4, -0.2) is 15.7 Å². The number of aromatic nitrogens is 2. The van der Waals surface area contributed by atoms with Gasteiger partial charge in [0.1, 0.15) is 0 Å². The molecule has 2 nitrogen and oxygen atoms in total. The van der Waals surface area contributed by atoms with Crippen molar-refractivity contribution in [3.63, 3.8) is 0 Å². The summed E-state index contributed by atoms with van der Waals surface area (Å²) in [5.41, 5.74) is 1.06. The SMILES string of the molecule is Cc1c(Cl)cnn1CCCCCCCl. The molecule has 0 fully saturated rings. The van der Waals surface area contributed by atoms with Crippen LogP contribution in [-0.2, 0) is 6.54 Å². The van der Waals surface area contributed by atoms with E-state index in [2.05, 4.69) is 5.10 Å². The molecule has 1 aromatic heterocycles. The van der Waals surface area contributed by atoms with Crippen molar-refractivity contribution < 1.29 is 0 Å². The van der Waals surface area contributed by atoms with Gasteiger partial charge in [0.15, 0.2) is 0 Å². The van der Waals surface area contributed by atoms with E-state index in [1.807, 2.05) is 11.6 Å². The van der Waals surface area contributed by atoms with E-state index in [0.29, 0.717) is 0 Å². The number of rotatable bonds is 6. The first kappa shape index (κ1) is 11.9. The maximum absolute atomic E-state index is 5.89. The van der Waals surface area contributed by atoms with Gasteiger partial charge in [-0.25, -0.2) is 0 Å². The summed E-state index contributed by atoms with van der Waals surface area (Å²) in [7, 11) is 0. The fourth-order valence-corrected chi connectivity index (χ4v) is 1.69. The van der Waals surface area contributed by atoms with E-state index < -0.39 is 0 Å². The van der Waals surface area contributed by atoms with Crippen LogP contribution in [0.25, 0.3) is 0 Å². The highest BCUT2D eigenvalue weighted by molar-refractivity contribution is 6.31. The second-order valence-corrected chi connectivity index (χ2v) is 4.19. The zero-order chi connectivity index (χ0) is 10.4. The molecule has 0 radical (unpaired) electrons. The number of hydrogen-bond acceptors (Lipinski definition) is 1.